The van der Waals surface area contributed by atoms with Crippen LogP contribution in [0, 0.1) is 34.5 Å². The average molecular weight is 729 g/mol. The number of fused-ring (bicyclic) bond motifs is 4. The highest BCUT2D eigenvalue weighted by Crippen LogP contribution is 2.78. The molecule has 0 unspecified atom stereocenters. The zero-order valence-electron chi connectivity index (χ0n) is 31.5. The minimum Gasteiger partial charge on any atom is -0.449 e. The Bertz CT molecular complexity index is 1640. The molecule has 0 amide bonds. The topological polar surface area (TPSA) is 214 Å². The standard InChI is InChI=1S/2C20H28O6/c2*1-10(2)13-8-18(24)16(5)9-14(21)26-20(19(18,25)12(13)4)15(22)11(3)6-7-17(16,20)23/h2*8,10-11,15,22-25H,4,6-7,9H2,1-3,5H3/t2*11-,15+,16-,17-,18+,19+,20+/m00/s1. The number of aliphatic hydroxyl groups excluding tert-OH is 2. The van der Waals surface area contributed by atoms with Crippen molar-refractivity contribution in [3.63, 3.8) is 0 Å². The lowest BCUT2D eigenvalue weighted by atomic mass is 9.55. The van der Waals surface area contributed by atoms with Gasteiger partial charge in [-0.1, -0.05) is 68.5 Å². The number of ether oxygens (including phenoxy) is 2. The van der Waals surface area contributed by atoms with E-state index in [0.29, 0.717) is 24.0 Å². The highest BCUT2D eigenvalue weighted by Gasteiger charge is 2.95. The first kappa shape index (κ1) is 37.9. The first-order valence-corrected chi connectivity index (χ1v) is 18.7. The van der Waals surface area contributed by atoms with Gasteiger partial charge in [-0.3, -0.25) is 9.59 Å². The SMILES string of the molecule is C=C1C(C(C)C)=C[C@@]2(O)[C@@]3(C)CC(=O)O[C@@]4([C@H](O)[C@@H](C)CC[C@]34O)[C@@]12O.C=C1C(C(C)C)=C[C@@]2(O)[C@@]3(C)CC(=O)O[C@@]4([C@H](O)[C@@H](C)CC[C@]34O)[C@@]12O. The van der Waals surface area contributed by atoms with Gasteiger partial charge in [0.1, 0.15) is 34.6 Å². The van der Waals surface area contributed by atoms with Gasteiger partial charge in [0.15, 0.2) is 11.2 Å². The van der Waals surface area contributed by atoms with Crippen molar-refractivity contribution in [3.05, 3.63) is 47.6 Å². The molecule has 52 heavy (non-hydrogen) atoms. The molecule has 0 aromatic rings. The third kappa shape index (κ3) is 3.27. The third-order valence-corrected chi connectivity index (χ3v) is 15.8. The molecule has 0 aromatic heterocycles. The highest BCUT2D eigenvalue weighted by molar-refractivity contribution is 5.79. The van der Waals surface area contributed by atoms with E-state index in [4.69, 9.17) is 9.47 Å². The molecule has 8 N–H and O–H groups in total. The zero-order valence-corrected chi connectivity index (χ0v) is 31.5. The summed E-state index contributed by atoms with van der Waals surface area (Å²) in [5.74, 6) is -2.02. The zero-order chi connectivity index (χ0) is 39.0. The van der Waals surface area contributed by atoms with Gasteiger partial charge < -0.3 is 50.3 Å². The van der Waals surface area contributed by atoms with E-state index in [9.17, 15) is 50.4 Å². The average Bonchev–Trinajstić information content (AvgIpc) is 3.44. The first-order chi connectivity index (χ1) is 23.7. The first-order valence-electron chi connectivity index (χ1n) is 18.7. The molecule has 0 spiro atoms. The largest absolute Gasteiger partial charge is 0.449 e. The smallest absolute Gasteiger partial charge is 0.307 e. The van der Waals surface area contributed by atoms with Crippen molar-refractivity contribution in [1.29, 1.82) is 0 Å². The van der Waals surface area contributed by atoms with Crippen molar-refractivity contribution in [1.82, 2.24) is 0 Å². The summed E-state index contributed by atoms with van der Waals surface area (Å²) in [5.41, 5.74) is -17.1. The van der Waals surface area contributed by atoms with Crippen molar-refractivity contribution in [3.8, 4) is 0 Å². The molecule has 0 radical (unpaired) electrons. The third-order valence-electron chi connectivity index (χ3n) is 15.8. The molecule has 288 valence electrons. The van der Waals surface area contributed by atoms with Crippen molar-refractivity contribution < 1.29 is 59.9 Å². The molecule has 12 nitrogen and oxygen atoms in total. The number of hydrogen-bond acceptors (Lipinski definition) is 12. The number of carbonyl (C=O) groups is 2. The molecule has 6 aliphatic carbocycles. The molecule has 8 rings (SSSR count). The van der Waals surface area contributed by atoms with Gasteiger partial charge in [0, 0.05) is 10.8 Å². The Hall–Kier alpha value is -2.42. The van der Waals surface area contributed by atoms with Crippen molar-refractivity contribution in [2.75, 3.05) is 0 Å². The Morgan fingerprint density at radius 1 is 0.654 bits per heavy atom. The maximum atomic E-state index is 12.5. The van der Waals surface area contributed by atoms with Gasteiger partial charge in [-0.2, -0.15) is 0 Å². The van der Waals surface area contributed by atoms with E-state index >= 15 is 0 Å². The Morgan fingerprint density at radius 2 is 0.962 bits per heavy atom. The molecule has 2 saturated heterocycles. The summed E-state index contributed by atoms with van der Waals surface area (Å²) in [6, 6.07) is 0. The van der Waals surface area contributed by atoms with Gasteiger partial charge in [-0.15, -0.1) is 0 Å². The van der Waals surface area contributed by atoms with E-state index in [0.717, 1.165) is 0 Å². The van der Waals surface area contributed by atoms with Crippen LogP contribution in [0.3, 0.4) is 0 Å². The molecule has 8 aliphatic rings. The van der Waals surface area contributed by atoms with E-state index in [1.807, 2.05) is 27.7 Å². The van der Waals surface area contributed by atoms with Gasteiger partial charge in [0.2, 0.25) is 11.2 Å². The second-order valence-corrected chi connectivity index (χ2v) is 18.5. The number of esters is 2. The maximum Gasteiger partial charge on any atom is 0.307 e. The Labute approximate surface area is 304 Å². The van der Waals surface area contributed by atoms with Crippen LogP contribution < -0.4 is 0 Å². The molecule has 6 fully saturated rings. The number of rotatable bonds is 2. The summed E-state index contributed by atoms with van der Waals surface area (Å²) < 4.78 is 11.3. The molecule has 2 heterocycles. The van der Waals surface area contributed by atoms with Crippen LogP contribution in [0.4, 0.5) is 0 Å². The molecule has 4 saturated carbocycles. The lowest BCUT2D eigenvalue weighted by molar-refractivity contribution is -0.307. The molecule has 12 heteroatoms. The Balaban J connectivity index is 0.000000162. The monoisotopic (exact) mass is 728 g/mol. The molecule has 2 aliphatic heterocycles. The Morgan fingerprint density at radius 3 is 1.25 bits per heavy atom. The predicted octanol–water partition coefficient (Wildman–Crippen LogP) is 1.66. The molecule has 4 bridgehead atoms. The van der Waals surface area contributed by atoms with Gasteiger partial charge in [-0.05, 0) is 83.8 Å². The second kappa shape index (κ2) is 10.3. The highest BCUT2D eigenvalue weighted by atomic mass is 16.6. The van der Waals surface area contributed by atoms with E-state index < -0.39 is 79.8 Å². The van der Waals surface area contributed by atoms with E-state index in [-0.39, 0.29) is 60.5 Å². The van der Waals surface area contributed by atoms with Crippen LogP contribution in [0.5, 0.6) is 0 Å². The van der Waals surface area contributed by atoms with E-state index in [1.54, 1.807) is 27.7 Å². The van der Waals surface area contributed by atoms with Crippen LogP contribution >= 0.6 is 0 Å². The van der Waals surface area contributed by atoms with Gasteiger partial charge >= 0.3 is 11.9 Å². The minimum absolute atomic E-state index is 0.0381. The van der Waals surface area contributed by atoms with Crippen LogP contribution in [0.1, 0.15) is 93.9 Å². The van der Waals surface area contributed by atoms with E-state index in [2.05, 4.69) is 13.2 Å². The lowest BCUT2D eigenvalue weighted by Gasteiger charge is -2.59. The van der Waals surface area contributed by atoms with Crippen molar-refractivity contribution in [2.45, 2.75) is 151 Å². The van der Waals surface area contributed by atoms with Gasteiger partial charge in [-0.25, -0.2) is 0 Å². The summed E-state index contributed by atoms with van der Waals surface area (Å²) >= 11 is 0. The number of carbonyl (C=O) groups excluding carboxylic acids is 2. The van der Waals surface area contributed by atoms with Crippen LogP contribution in [0.2, 0.25) is 0 Å². The summed E-state index contributed by atoms with van der Waals surface area (Å²) in [7, 11) is 0. The predicted molar refractivity (Wildman–Crippen MR) is 186 cm³/mol. The molecule has 14 atom stereocenters. The molecular formula is C40H56O12. The fourth-order valence-electron chi connectivity index (χ4n) is 12.8. The van der Waals surface area contributed by atoms with Gasteiger partial charge in [0.25, 0.3) is 0 Å². The quantitative estimate of drug-likeness (QED) is 0.191. The van der Waals surface area contributed by atoms with Crippen molar-refractivity contribution >= 4 is 11.9 Å². The summed E-state index contributed by atoms with van der Waals surface area (Å²) in [5, 5.41) is 93.5. The Kier molecular flexibility index (Phi) is 7.47. The molecule has 0 aromatic carbocycles. The fraction of sp³-hybridized carbons (Fsp3) is 0.750. The van der Waals surface area contributed by atoms with Gasteiger partial charge in [0.05, 0.1) is 12.8 Å². The van der Waals surface area contributed by atoms with Crippen LogP contribution in [-0.4, -0.2) is 110 Å². The summed E-state index contributed by atoms with van der Waals surface area (Å²) in [6.45, 7) is 22.5. The summed E-state index contributed by atoms with van der Waals surface area (Å²) in [6.07, 6.45) is 1.31. The minimum atomic E-state index is -2.19. The fourth-order valence-corrected chi connectivity index (χ4v) is 12.8. The second-order valence-electron chi connectivity index (χ2n) is 18.5. The molecular weight excluding hydrogens is 672 g/mol. The maximum absolute atomic E-state index is 12.5. The number of hydrogen-bond donors (Lipinski definition) is 8. The normalized spacial score (nSPS) is 55.5. The van der Waals surface area contributed by atoms with Crippen LogP contribution in [-0.2, 0) is 19.1 Å². The van der Waals surface area contributed by atoms with Crippen molar-refractivity contribution in [2.24, 2.45) is 34.5 Å². The number of aliphatic hydroxyl groups is 8. The van der Waals surface area contributed by atoms with Crippen LogP contribution in [0.15, 0.2) is 47.6 Å². The lowest BCUT2D eigenvalue weighted by Crippen LogP contribution is -2.77. The van der Waals surface area contributed by atoms with Crippen LogP contribution in [0.25, 0.3) is 0 Å². The summed E-state index contributed by atoms with van der Waals surface area (Å²) in [4.78, 5) is 25.0. The van der Waals surface area contributed by atoms with E-state index in [1.165, 1.54) is 12.2 Å².